The lowest BCUT2D eigenvalue weighted by Gasteiger charge is -2.17. The molecule has 0 unspecified atom stereocenters. The fraction of sp³-hybridized carbons (Fsp3) is 0.375. The van der Waals surface area contributed by atoms with E-state index in [1.807, 2.05) is 6.07 Å². The summed E-state index contributed by atoms with van der Waals surface area (Å²) in [6.45, 7) is 3.57. The number of hydrogen-bond acceptors (Lipinski definition) is 3. The van der Waals surface area contributed by atoms with Crippen LogP contribution in [0.4, 0.5) is 5.69 Å². The molecule has 0 atom stereocenters. The van der Waals surface area contributed by atoms with Crippen LogP contribution in [0.5, 0.6) is 0 Å². The summed E-state index contributed by atoms with van der Waals surface area (Å²) in [4.78, 5) is 25.5. The third-order valence-electron chi connectivity index (χ3n) is 3.20. The van der Waals surface area contributed by atoms with Crippen LogP contribution in [-0.2, 0) is 9.59 Å². The number of aliphatic hydroxyl groups is 1. The van der Waals surface area contributed by atoms with Crippen molar-refractivity contribution in [3.63, 3.8) is 0 Å². The minimum absolute atomic E-state index is 0.0178. The Morgan fingerprint density at radius 3 is 2.70 bits per heavy atom. The van der Waals surface area contributed by atoms with Crippen LogP contribution in [0.25, 0.3) is 0 Å². The summed E-state index contributed by atoms with van der Waals surface area (Å²) in [5.41, 5.74) is 0.637. The number of benzene rings is 1. The van der Waals surface area contributed by atoms with Crippen molar-refractivity contribution in [2.24, 2.45) is 5.41 Å². The molecule has 1 saturated heterocycles. The van der Waals surface area contributed by atoms with E-state index in [0.29, 0.717) is 12.1 Å². The monoisotopic (exact) mass is 271 g/mol. The van der Waals surface area contributed by atoms with Gasteiger partial charge in [-0.25, -0.2) is 0 Å². The van der Waals surface area contributed by atoms with E-state index in [4.69, 9.17) is 5.11 Å². The van der Waals surface area contributed by atoms with E-state index in [-0.39, 0.29) is 24.8 Å². The highest BCUT2D eigenvalue weighted by Gasteiger charge is 2.45. The van der Waals surface area contributed by atoms with Gasteiger partial charge in [0.1, 0.15) is 0 Å². The summed E-state index contributed by atoms with van der Waals surface area (Å²) in [6.07, 6.45) is 0.630. The molecule has 2 amide bonds. The van der Waals surface area contributed by atoms with Gasteiger partial charge in [0.05, 0.1) is 17.7 Å². The van der Waals surface area contributed by atoms with Gasteiger partial charge >= 0.3 is 0 Å². The van der Waals surface area contributed by atoms with Gasteiger partial charge in [0.15, 0.2) is 0 Å². The predicted octanol–water partition coefficient (Wildman–Crippen LogP) is 1.71. The molecule has 1 heterocycles. The second-order valence-corrected chi connectivity index (χ2v) is 5.42. The number of amides is 2. The molecule has 2 rings (SSSR count). The minimum atomic E-state index is -0.643. The van der Waals surface area contributed by atoms with Crippen molar-refractivity contribution in [1.29, 1.82) is 0 Å². The first kappa shape index (κ1) is 14.3. The van der Waals surface area contributed by atoms with Crippen molar-refractivity contribution in [2.75, 3.05) is 11.5 Å². The average molecular weight is 271 g/mol. The number of nitrogens with zero attached hydrogens (tertiary/aromatic N) is 1. The van der Waals surface area contributed by atoms with E-state index in [9.17, 15) is 9.59 Å². The summed E-state index contributed by atoms with van der Waals surface area (Å²) in [7, 11) is 0. The van der Waals surface area contributed by atoms with Gasteiger partial charge in [-0.05, 0) is 18.2 Å². The average Bonchev–Trinajstić information content (AvgIpc) is 2.59. The Kier molecular flexibility index (Phi) is 3.91. The largest absolute Gasteiger partial charge is 0.395 e. The number of rotatable bonds is 2. The third-order valence-corrected chi connectivity index (χ3v) is 3.20. The maximum Gasteiger partial charge on any atom is 0.239 e. The molecular formula is C16H17NO3. The van der Waals surface area contributed by atoms with Crippen LogP contribution in [0.2, 0.25) is 0 Å². The highest BCUT2D eigenvalue weighted by atomic mass is 16.2. The van der Waals surface area contributed by atoms with E-state index in [2.05, 4.69) is 11.8 Å². The van der Waals surface area contributed by atoms with Gasteiger partial charge in [0, 0.05) is 18.4 Å². The molecule has 0 bridgehead atoms. The Morgan fingerprint density at radius 1 is 1.35 bits per heavy atom. The molecule has 0 spiro atoms. The highest BCUT2D eigenvalue weighted by molar-refractivity contribution is 6.22. The Bertz CT molecular complexity index is 608. The standard InChI is InChI=1S/C16H17NO3/c1-16(2)11-14(19)17(15(16)20)13-8-5-7-12(10-13)6-3-4-9-18/h5,7-8,10,18H,4,9,11H2,1-2H3. The van der Waals surface area contributed by atoms with Crippen molar-refractivity contribution in [2.45, 2.75) is 26.7 Å². The zero-order valence-corrected chi connectivity index (χ0v) is 11.6. The lowest BCUT2D eigenvalue weighted by molar-refractivity contribution is -0.124. The predicted molar refractivity (Wildman–Crippen MR) is 75.9 cm³/mol. The molecule has 20 heavy (non-hydrogen) atoms. The molecule has 1 aromatic carbocycles. The first-order chi connectivity index (χ1) is 9.45. The summed E-state index contributed by atoms with van der Waals surface area (Å²) in [5, 5.41) is 8.70. The van der Waals surface area contributed by atoms with Crippen molar-refractivity contribution >= 4 is 17.5 Å². The number of aliphatic hydroxyl groups excluding tert-OH is 1. The van der Waals surface area contributed by atoms with Gasteiger partial charge in [-0.15, -0.1) is 0 Å². The summed E-state index contributed by atoms with van der Waals surface area (Å²) < 4.78 is 0. The van der Waals surface area contributed by atoms with E-state index < -0.39 is 5.41 Å². The van der Waals surface area contributed by atoms with Gasteiger partial charge in [-0.1, -0.05) is 31.8 Å². The van der Waals surface area contributed by atoms with Gasteiger partial charge in [-0.3, -0.25) is 14.5 Å². The van der Waals surface area contributed by atoms with Crippen molar-refractivity contribution in [3.8, 4) is 11.8 Å². The Hall–Kier alpha value is -2.12. The maximum absolute atomic E-state index is 12.2. The van der Waals surface area contributed by atoms with Crippen LogP contribution in [0.1, 0.15) is 32.3 Å². The minimum Gasteiger partial charge on any atom is -0.395 e. The maximum atomic E-state index is 12.2. The lowest BCUT2D eigenvalue weighted by Crippen LogP contribution is -2.32. The number of imide groups is 1. The molecule has 0 aliphatic carbocycles. The van der Waals surface area contributed by atoms with Crippen molar-refractivity contribution in [3.05, 3.63) is 29.8 Å². The van der Waals surface area contributed by atoms with Gasteiger partial charge in [0.25, 0.3) is 0 Å². The summed E-state index contributed by atoms with van der Waals surface area (Å²) in [5.74, 6) is 5.36. The zero-order valence-electron chi connectivity index (χ0n) is 11.6. The fourth-order valence-corrected chi connectivity index (χ4v) is 2.15. The quantitative estimate of drug-likeness (QED) is 0.658. The van der Waals surface area contributed by atoms with E-state index >= 15 is 0 Å². The first-order valence-corrected chi connectivity index (χ1v) is 6.53. The van der Waals surface area contributed by atoms with Crippen LogP contribution >= 0.6 is 0 Å². The number of anilines is 1. The van der Waals surface area contributed by atoms with Crippen molar-refractivity contribution < 1.29 is 14.7 Å². The van der Waals surface area contributed by atoms with Gasteiger partial charge in [0.2, 0.25) is 11.8 Å². The molecular weight excluding hydrogens is 254 g/mol. The zero-order chi connectivity index (χ0) is 14.8. The Morgan fingerprint density at radius 2 is 2.10 bits per heavy atom. The number of carbonyl (C=O) groups excluding carboxylic acids is 2. The number of hydrogen-bond donors (Lipinski definition) is 1. The molecule has 0 radical (unpaired) electrons. The van der Waals surface area contributed by atoms with E-state index in [0.717, 1.165) is 5.56 Å². The van der Waals surface area contributed by atoms with Gasteiger partial charge in [-0.2, -0.15) is 0 Å². The first-order valence-electron chi connectivity index (χ1n) is 6.53. The Labute approximate surface area is 118 Å². The van der Waals surface area contributed by atoms with Crippen LogP contribution in [0.3, 0.4) is 0 Å². The van der Waals surface area contributed by atoms with E-state index in [1.54, 1.807) is 32.0 Å². The van der Waals surface area contributed by atoms with Crippen LogP contribution in [0, 0.1) is 17.3 Å². The second-order valence-electron chi connectivity index (χ2n) is 5.42. The third kappa shape index (κ3) is 2.73. The molecule has 0 saturated carbocycles. The molecule has 1 fully saturated rings. The number of carbonyl (C=O) groups is 2. The van der Waals surface area contributed by atoms with Crippen LogP contribution in [-0.4, -0.2) is 23.5 Å². The molecule has 1 aliphatic rings. The molecule has 104 valence electrons. The second kappa shape index (κ2) is 5.48. The van der Waals surface area contributed by atoms with Gasteiger partial charge < -0.3 is 5.11 Å². The smallest absolute Gasteiger partial charge is 0.239 e. The van der Waals surface area contributed by atoms with Crippen LogP contribution < -0.4 is 4.90 Å². The fourth-order valence-electron chi connectivity index (χ4n) is 2.15. The SMILES string of the molecule is CC1(C)CC(=O)N(c2cccc(C#CCCO)c2)C1=O. The normalized spacial score (nSPS) is 17.1. The Balaban J connectivity index is 2.31. The van der Waals surface area contributed by atoms with E-state index in [1.165, 1.54) is 4.90 Å². The highest BCUT2D eigenvalue weighted by Crippen LogP contribution is 2.35. The molecule has 1 aromatic rings. The summed E-state index contributed by atoms with van der Waals surface area (Å²) >= 11 is 0. The molecule has 1 N–H and O–H groups in total. The summed E-state index contributed by atoms with van der Waals surface area (Å²) in [6, 6.07) is 7.03. The van der Waals surface area contributed by atoms with Crippen LogP contribution in [0.15, 0.2) is 24.3 Å². The molecule has 4 nitrogen and oxygen atoms in total. The molecule has 1 aliphatic heterocycles. The van der Waals surface area contributed by atoms with Crippen molar-refractivity contribution in [1.82, 2.24) is 0 Å². The topological polar surface area (TPSA) is 57.6 Å². The lowest BCUT2D eigenvalue weighted by atomic mass is 9.92. The molecule has 4 heteroatoms. The molecule has 0 aromatic heterocycles.